The van der Waals surface area contributed by atoms with Crippen molar-refractivity contribution in [2.75, 3.05) is 18.0 Å². The van der Waals surface area contributed by atoms with Crippen LogP contribution in [0.15, 0.2) is 66.7 Å². The summed E-state index contributed by atoms with van der Waals surface area (Å²) < 4.78 is 0. The molecule has 0 aliphatic rings. The van der Waals surface area contributed by atoms with Gasteiger partial charge < -0.3 is 10.0 Å². The maximum Gasteiger partial charge on any atom is 0.303 e. The van der Waals surface area contributed by atoms with Gasteiger partial charge in [-0.25, -0.2) is 0 Å². The average Bonchev–Trinajstić information content (AvgIpc) is 2.70. The van der Waals surface area contributed by atoms with Crippen LogP contribution in [0.1, 0.15) is 30.9 Å². The van der Waals surface area contributed by atoms with E-state index < -0.39 is 5.97 Å². The number of carbonyl (C=O) groups is 1. The van der Waals surface area contributed by atoms with Crippen LogP contribution in [0.5, 0.6) is 0 Å². The van der Waals surface area contributed by atoms with Crippen molar-refractivity contribution in [2.45, 2.75) is 32.6 Å². The van der Waals surface area contributed by atoms with Crippen molar-refractivity contribution < 1.29 is 9.90 Å². The molecule has 0 aliphatic carbocycles. The number of anilines is 1. The number of aryl methyl sites for hydroxylation is 2. The van der Waals surface area contributed by atoms with E-state index in [1.807, 2.05) is 12.1 Å². The number of benzene rings is 3. The van der Waals surface area contributed by atoms with Crippen molar-refractivity contribution in [2.24, 2.45) is 0 Å². The Labute approximate surface area is 161 Å². The van der Waals surface area contributed by atoms with E-state index in [0.717, 1.165) is 31.5 Å². The SMILES string of the molecule is CCN(CCCc1cccc(CCC(=O)O)c1)c1cccc2ccccc12. The number of rotatable bonds is 9. The van der Waals surface area contributed by atoms with Crippen molar-refractivity contribution in [1.29, 1.82) is 0 Å². The highest BCUT2D eigenvalue weighted by atomic mass is 16.4. The molecule has 0 saturated carbocycles. The summed E-state index contributed by atoms with van der Waals surface area (Å²) in [7, 11) is 0. The van der Waals surface area contributed by atoms with E-state index in [4.69, 9.17) is 5.11 Å². The lowest BCUT2D eigenvalue weighted by atomic mass is 10.0. The standard InChI is InChI=1S/C24H27NO2/c1-2-25(23-14-6-12-21-11-3-4-13-22(21)23)17-7-10-19-8-5-9-20(18-19)15-16-24(26)27/h3-6,8-9,11-14,18H,2,7,10,15-17H2,1H3,(H,26,27). The smallest absolute Gasteiger partial charge is 0.303 e. The molecule has 140 valence electrons. The summed E-state index contributed by atoms with van der Waals surface area (Å²) in [5.74, 6) is -0.742. The van der Waals surface area contributed by atoms with Gasteiger partial charge in [-0.1, -0.05) is 60.7 Å². The lowest BCUT2D eigenvalue weighted by Gasteiger charge is -2.25. The number of carboxylic acid groups (broad SMARTS) is 1. The molecule has 1 N–H and O–H groups in total. The van der Waals surface area contributed by atoms with Crippen molar-refractivity contribution in [3.8, 4) is 0 Å². The molecule has 0 aromatic heterocycles. The Morgan fingerprint density at radius 1 is 0.926 bits per heavy atom. The van der Waals surface area contributed by atoms with E-state index in [9.17, 15) is 4.79 Å². The molecule has 0 saturated heterocycles. The molecule has 0 unspecified atom stereocenters. The maximum atomic E-state index is 10.8. The van der Waals surface area contributed by atoms with Gasteiger partial charge in [0.2, 0.25) is 0 Å². The summed E-state index contributed by atoms with van der Waals surface area (Å²) in [6.45, 7) is 4.19. The number of nitrogens with zero attached hydrogens (tertiary/aromatic N) is 1. The molecule has 0 spiro atoms. The molecule has 0 atom stereocenters. The van der Waals surface area contributed by atoms with Crippen LogP contribution in [0.2, 0.25) is 0 Å². The Bertz CT molecular complexity index is 898. The molecule has 0 fully saturated rings. The van der Waals surface area contributed by atoms with E-state index in [1.54, 1.807) is 0 Å². The van der Waals surface area contributed by atoms with Crippen LogP contribution in [0.3, 0.4) is 0 Å². The van der Waals surface area contributed by atoms with Crippen molar-refractivity contribution >= 4 is 22.4 Å². The molecule has 3 heteroatoms. The third-order valence-electron chi connectivity index (χ3n) is 5.00. The van der Waals surface area contributed by atoms with E-state index in [1.165, 1.54) is 22.0 Å². The molecule has 0 bridgehead atoms. The zero-order valence-electron chi connectivity index (χ0n) is 15.9. The Morgan fingerprint density at radius 3 is 2.41 bits per heavy atom. The highest BCUT2D eigenvalue weighted by molar-refractivity contribution is 5.94. The van der Waals surface area contributed by atoms with Gasteiger partial charge in [-0.15, -0.1) is 0 Å². The molecule has 0 radical (unpaired) electrons. The van der Waals surface area contributed by atoms with Crippen LogP contribution >= 0.6 is 0 Å². The summed E-state index contributed by atoms with van der Waals surface area (Å²) in [6, 6.07) is 23.4. The minimum absolute atomic E-state index is 0.189. The number of hydrogen-bond donors (Lipinski definition) is 1. The fourth-order valence-corrected chi connectivity index (χ4v) is 3.60. The summed E-state index contributed by atoms with van der Waals surface area (Å²) in [4.78, 5) is 13.2. The van der Waals surface area contributed by atoms with Crippen molar-refractivity contribution in [3.63, 3.8) is 0 Å². The maximum absolute atomic E-state index is 10.8. The van der Waals surface area contributed by atoms with Crippen LogP contribution in [0.4, 0.5) is 5.69 Å². The predicted octanol–water partition coefficient (Wildman–Crippen LogP) is 5.32. The molecule has 3 aromatic carbocycles. The zero-order chi connectivity index (χ0) is 19.1. The first-order valence-electron chi connectivity index (χ1n) is 9.69. The van der Waals surface area contributed by atoms with Crippen LogP contribution in [0, 0.1) is 0 Å². The first kappa shape index (κ1) is 19.0. The zero-order valence-corrected chi connectivity index (χ0v) is 15.9. The number of hydrogen-bond acceptors (Lipinski definition) is 2. The third-order valence-corrected chi connectivity index (χ3v) is 5.00. The van der Waals surface area contributed by atoms with Gasteiger partial charge in [-0.3, -0.25) is 4.79 Å². The van der Waals surface area contributed by atoms with E-state index in [0.29, 0.717) is 6.42 Å². The van der Waals surface area contributed by atoms with Gasteiger partial charge in [0.05, 0.1) is 0 Å². The van der Waals surface area contributed by atoms with Crippen LogP contribution in [0.25, 0.3) is 10.8 Å². The fourth-order valence-electron chi connectivity index (χ4n) is 3.60. The van der Waals surface area contributed by atoms with Crippen LogP contribution < -0.4 is 4.90 Å². The monoisotopic (exact) mass is 361 g/mol. The predicted molar refractivity (Wildman–Crippen MR) is 113 cm³/mol. The normalized spacial score (nSPS) is 10.9. The number of fused-ring (bicyclic) bond motifs is 1. The molecule has 0 heterocycles. The minimum atomic E-state index is -0.742. The second kappa shape index (κ2) is 9.22. The molecular weight excluding hydrogens is 334 g/mol. The van der Waals surface area contributed by atoms with Crippen LogP contribution in [-0.2, 0) is 17.6 Å². The second-order valence-electron chi connectivity index (χ2n) is 6.90. The van der Waals surface area contributed by atoms with Gasteiger partial charge in [0.25, 0.3) is 0 Å². The Balaban J connectivity index is 1.63. The Kier molecular flexibility index (Phi) is 6.48. The number of carboxylic acids is 1. The molecule has 3 rings (SSSR count). The van der Waals surface area contributed by atoms with E-state index in [-0.39, 0.29) is 6.42 Å². The average molecular weight is 361 g/mol. The van der Waals surface area contributed by atoms with Gasteiger partial charge in [-0.05, 0) is 48.8 Å². The van der Waals surface area contributed by atoms with Gasteiger partial charge in [0.1, 0.15) is 0 Å². The topological polar surface area (TPSA) is 40.5 Å². The van der Waals surface area contributed by atoms with Gasteiger partial charge in [0.15, 0.2) is 0 Å². The molecule has 3 nitrogen and oxygen atoms in total. The van der Waals surface area contributed by atoms with Gasteiger partial charge in [-0.2, -0.15) is 0 Å². The first-order chi connectivity index (χ1) is 13.2. The van der Waals surface area contributed by atoms with Crippen molar-refractivity contribution in [1.82, 2.24) is 0 Å². The summed E-state index contributed by atoms with van der Waals surface area (Å²) in [5, 5.41) is 11.4. The lowest BCUT2D eigenvalue weighted by molar-refractivity contribution is -0.136. The van der Waals surface area contributed by atoms with E-state index in [2.05, 4.69) is 66.4 Å². The summed E-state index contributed by atoms with van der Waals surface area (Å²) in [5.41, 5.74) is 3.69. The highest BCUT2D eigenvalue weighted by Gasteiger charge is 2.08. The Morgan fingerprint density at radius 2 is 1.63 bits per heavy atom. The molecule has 0 amide bonds. The van der Waals surface area contributed by atoms with Crippen LogP contribution in [-0.4, -0.2) is 24.2 Å². The van der Waals surface area contributed by atoms with E-state index >= 15 is 0 Å². The van der Waals surface area contributed by atoms with Gasteiger partial charge in [0, 0.05) is 30.6 Å². The first-order valence-corrected chi connectivity index (χ1v) is 9.69. The minimum Gasteiger partial charge on any atom is -0.481 e. The Hall–Kier alpha value is -2.81. The molecule has 0 aliphatic heterocycles. The lowest BCUT2D eigenvalue weighted by Crippen LogP contribution is -2.24. The third kappa shape index (κ3) is 5.10. The second-order valence-corrected chi connectivity index (χ2v) is 6.90. The van der Waals surface area contributed by atoms with Crippen molar-refractivity contribution in [3.05, 3.63) is 77.9 Å². The highest BCUT2D eigenvalue weighted by Crippen LogP contribution is 2.26. The quantitative estimate of drug-likeness (QED) is 0.561. The fraction of sp³-hybridized carbons (Fsp3) is 0.292. The number of aliphatic carboxylic acids is 1. The summed E-state index contributed by atoms with van der Waals surface area (Å²) in [6.07, 6.45) is 2.86. The largest absolute Gasteiger partial charge is 0.481 e. The molecule has 27 heavy (non-hydrogen) atoms. The summed E-state index contributed by atoms with van der Waals surface area (Å²) >= 11 is 0. The molecular formula is C24H27NO2. The van der Waals surface area contributed by atoms with Gasteiger partial charge >= 0.3 is 5.97 Å². The molecule has 3 aromatic rings.